The van der Waals surface area contributed by atoms with Gasteiger partial charge < -0.3 is 0 Å². The number of nitrogens with zero attached hydrogens (tertiary/aromatic N) is 3. The van der Waals surface area contributed by atoms with Crippen molar-refractivity contribution in [2.75, 3.05) is 7.05 Å². The summed E-state index contributed by atoms with van der Waals surface area (Å²) in [4.78, 5) is 0.321. The Morgan fingerprint density at radius 3 is 2.35 bits per heavy atom. The van der Waals surface area contributed by atoms with Gasteiger partial charge in [0.15, 0.2) is 0 Å². The molecule has 0 saturated carbocycles. The minimum atomic E-state index is -3.50. The Labute approximate surface area is 139 Å². The molecule has 2 aromatic rings. The zero-order chi connectivity index (χ0) is 17.0. The van der Waals surface area contributed by atoms with E-state index >= 15 is 0 Å². The highest BCUT2D eigenvalue weighted by Crippen LogP contribution is 2.22. The van der Waals surface area contributed by atoms with Crippen LogP contribution in [0, 0.1) is 0 Å². The van der Waals surface area contributed by atoms with E-state index in [4.69, 9.17) is 0 Å². The Kier molecular flexibility index (Phi) is 5.59. The zero-order valence-corrected chi connectivity index (χ0v) is 15.0. The maximum atomic E-state index is 12.7. The van der Waals surface area contributed by atoms with Crippen LogP contribution in [0.5, 0.6) is 0 Å². The van der Waals surface area contributed by atoms with Crippen molar-refractivity contribution in [2.24, 2.45) is 0 Å². The molecule has 126 valence electrons. The molecule has 1 aromatic carbocycles. The van der Waals surface area contributed by atoms with Crippen molar-refractivity contribution in [3.8, 4) is 0 Å². The van der Waals surface area contributed by atoms with E-state index in [1.807, 2.05) is 31.3 Å². The average molecular weight is 335 g/mol. The Morgan fingerprint density at radius 1 is 1.17 bits per heavy atom. The summed E-state index contributed by atoms with van der Waals surface area (Å²) < 4.78 is 28.4. The molecule has 23 heavy (non-hydrogen) atoms. The Hall–Kier alpha value is -1.66. The molecule has 0 aliphatic heterocycles. The molecule has 5 nitrogen and oxygen atoms in total. The molecule has 1 heterocycles. The van der Waals surface area contributed by atoms with Gasteiger partial charge in [-0.05, 0) is 43.0 Å². The highest BCUT2D eigenvalue weighted by molar-refractivity contribution is 7.89. The van der Waals surface area contributed by atoms with Crippen molar-refractivity contribution in [2.45, 2.75) is 51.1 Å². The van der Waals surface area contributed by atoms with E-state index in [0.29, 0.717) is 10.8 Å². The van der Waals surface area contributed by atoms with Crippen LogP contribution in [0.2, 0.25) is 0 Å². The van der Waals surface area contributed by atoms with Crippen LogP contribution >= 0.6 is 0 Å². The first-order valence-electron chi connectivity index (χ1n) is 7.97. The predicted molar refractivity (Wildman–Crippen MR) is 91.7 cm³/mol. The molecule has 0 amide bonds. The van der Waals surface area contributed by atoms with Crippen LogP contribution in [0.1, 0.15) is 44.4 Å². The van der Waals surface area contributed by atoms with Gasteiger partial charge in [-0.2, -0.15) is 9.40 Å². The van der Waals surface area contributed by atoms with Crippen molar-refractivity contribution in [1.82, 2.24) is 14.1 Å². The van der Waals surface area contributed by atoms with Crippen LogP contribution in [-0.4, -0.2) is 29.6 Å². The third-order valence-corrected chi connectivity index (χ3v) is 5.99. The molecular weight excluding hydrogens is 310 g/mol. The highest BCUT2D eigenvalue weighted by atomic mass is 32.2. The normalized spacial score (nSPS) is 13.4. The molecule has 0 aliphatic rings. The lowest BCUT2D eigenvalue weighted by Crippen LogP contribution is -2.26. The molecule has 0 saturated heterocycles. The lowest BCUT2D eigenvalue weighted by atomic mass is 9.99. The van der Waals surface area contributed by atoms with Gasteiger partial charge in [0.05, 0.1) is 17.1 Å². The van der Waals surface area contributed by atoms with Gasteiger partial charge in [0.25, 0.3) is 0 Å². The van der Waals surface area contributed by atoms with E-state index in [2.05, 4.69) is 18.9 Å². The third kappa shape index (κ3) is 4.00. The van der Waals surface area contributed by atoms with Gasteiger partial charge in [0.1, 0.15) is 0 Å². The van der Waals surface area contributed by atoms with Crippen LogP contribution in [0.4, 0.5) is 0 Å². The Bertz CT molecular complexity index is 735. The molecule has 0 N–H and O–H groups in total. The lowest BCUT2D eigenvalue weighted by Gasteiger charge is -2.17. The minimum absolute atomic E-state index is 0.266. The van der Waals surface area contributed by atoms with Gasteiger partial charge >= 0.3 is 0 Å². The monoisotopic (exact) mass is 335 g/mol. The largest absolute Gasteiger partial charge is 0.273 e. The number of aromatic nitrogens is 2. The van der Waals surface area contributed by atoms with E-state index in [0.717, 1.165) is 24.2 Å². The van der Waals surface area contributed by atoms with Crippen LogP contribution in [-0.2, 0) is 23.1 Å². The average Bonchev–Trinajstić information content (AvgIpc) is 3.01. The van der Waals surface area contributed by atoms with Gasteiger partial charge in [-0.25, -0.2) is 8.42 Å². The van der Waals surface area contributed by atoms with Crippen LogP contribution < -0.4 is 0 Å². The molecule has 1 aromatic heterocycles. The molecule has 6 heteroatoms. The second-order valence-electron chi connectivity index (χ2n) is 5.80. The minimum Gasteiger partial charge on any atom is -0.273 e. The molecule has 2 rings (SSSR count). The smallest absolute Gasteiger partial charge is 0.243 e. The van der Waals surface area contributed by atoms with Crippen molar-refractivity contribution < 1.29 is 8.42 Å². The molecular formula is C17H25N3O2S. The summed E-state index contributed by atoms with van der Waals surface area (Å²) in [6.07, 6.45) is 2.89. The fourth-order valence-electron chi connectivity index (χ4n) is 2.36. The summed E-state index contributed by atoms with van der Waals surface area (Å²) >= 11 is 0. The molecule has 1 atom stereocenters. The van der Waals surface area contributed by atoms with E-state index in [9.17, 15) is 8.42 Å². The number of rotatable bonds is 7. The van der Waals surface area contributed by atoms with E-state index in [-0.39, 0.29) is 6.54 Å². The third-order valence-electron chi connectivity index (χ3n) is 4.17. The van der Waals surface area contributed by atoms with E-state index < -0.39 is 10.0 Å². The number of benzene rings is 1. The molecule has 0 spiro atoms. The van der Waals surface area contributed by atoms with Gasteiger partial charge in [0.2, 0.25) is 10.0 Å². The maximum Gasteiger partial charge on any atom is 0.243 e. The SMILES string of the molecule is CC[C@@H](C)c1ccc(S(=O)(=O)N(C)Cc2ccn(CC)n2)cc1. The molecule has 0 fully saturated rings. The topological polar surface area (TPSA) is 55.2 Å². The van der Waals surface area contributed by atoms with Crippen LogP contribution in [0.15, 0.2) is 41.4 Å². The second-order valence-corrected chi connectivity index (χ2v) is 7.85. The standard InChI is InChI=1S/C17H25N3O2S/c1-5-14(3)15-7-9-17(10-8-15)23(21,22)19(4)13-16-11-12-20(6-2)18-16/h7-12,14H,5-6,13H2,1-4H3/t14-/m1/s1. The Balaban J connectivity index is 2.16. The van der Waals surface area contributed by atoms with Crippen molar-refractivity contribution in [1.29, 1.82) is 0 Å². The summed E-state index contributed by atoms with van der Waals surface area (Å²) in [6.45, 7) is 7.30. The van der Waals surface area contributed by atoms with Crippen molar-refractivity contribution in [3.05, 3.63) is 47.8 Å². The first-order valence-corrected chi connectivity index (χ1v) is 9.41. The predicted octanol–water partition coefficient (Wildman–Crippen LogP) is 3.24. The van der Waals surface area contributed by atoms with Gasteiger partial charge in [0, 0.05) is 19.8 Å². The van der Waals surface area contributed by atoms with E-state index in [1.54, 1.807) is 23.9 Å². The number of hydrogen-bond acceptors (Lipinski definition) is 3. The highest BCUT2D eigenvalue weighted by Gasteiger charge is 2.21. The fraction of sp³-hybridized carbons (Fsp3) is 0.471. The van der Waals surface area contributed by atoms with Gasteiger partial charge in [-0.3, -0.25) is 4.68 Å². The maximum absolute atomic E-state index is 12.7. The molecule has 0 aliphatic carbocycles. The van der Waals surface area contributed by atoms with Crippen LogP contribution in [0.3, 0.4) is 0 Å². The first-order chi connectivity index (χ1) is 10.9. The van der Waals surface area contributed by atoms with E-state index in [1.165, 1.54) is 4.31 Å². The lowest BCUT2D eigenvalue weighted by molar-refractivity contribution is 0.458. The number of hydrogen-bond donors (Lipinski definition) is 0. The molecule has 0 bridgehead atoms. The Morgan fingerprint density at radius 2 is 1.83 bits per heavy atom. The first kappa shape index (κ1) is 17.7. The summed E-state index contributed by atoms with van der Waals surface area (Å²) in [5.74, 6) is 0.433. The van der Waals surface area contributed by atoms with Gasteiger partial charge in [-0.1, -0.05) is 26.0 Å². The fourth-order valence-corrected chi connectivity index (χ4v) is 3.50. The summed E-state index contributed by atoms with van der Waals surface area (Å²) in [5, 5.41) is 4.33. The quantitative estimate of drug-likeness (QED) is 0.780. The van der Waals surface area contributed by atoms with Gasteiger partial charge in [-0.15, -0.1) is 0 Å². The van der Waals surface area contributed by atoms with Crippen molar-refractivity contribution in [3.63, 3.8) is 0 Å². The number of sulfonamides is 1. The summed E-state index contributed by atoms with van der Waals surface area (Å²) in [7, 11) is -1.91. The number of aryl methyl sites for hydroxylation is 1. The summed E-state index contributed by atoms with van der Waals surface area (Å²) in [5.41, 5.74) is 1.91. The molecule has 0 unspecified atom stereocenters. The zero-order valence-electron chi connectivity index (χ0n) is 14.2. The summed E-state index contributed by atoms with van der Waals surface area (Å²) in [6, 6.07) is 9.04. The molecule has 0 radical (unpaired) electrons. The second kappa shape index (κ2) is 7.27. The van der Waals surface area contributed by atoms with Crippen LogP contribution in [0.25, 0.3) is 0 Å². The van der Waals surface area contributed by atoms with Crippen molar-refractivity contribution >= 4 is 10.0 Å².